The third kappa shape index (κ3) is 7.61. The molecule has 0 saturated carbocycles. The number of hydrogen-bond acceptors (Lipinski definition) is 3. The van der Waals surface area contributed by atoms with Crippen molar-refractivity contribution < 1.29 is 0 Å². The van der Waals surface area contributed by atoms with Gasteiger partial charge in [-0.2, -0.15) is 0 Å². The summed E-state index contributed by atoms with van der Waals surface area (Å²) in [6.07, 6.45) is 12.0. The highest BCUT2D eigenvalue weighted by Crippen LogP contribution is 2.15. The number of unbranched alkanes of at least 4 members (excludes halogenated alkanes) is 6. The molecule has 1 rings (SSSR count). The second-order valence-corrected chi connectivity index (χ2v) is 6.80. The first-order chi connectivity index (χ1) is 9.63. The smallest absolute Gasteiger partial charge is 0.0235 e. The second-order valence-electron chi connectivity index (χ2n) is 6.80. The Hall–Kier alpha value is -0.120. The Morgan fingerprint density at radius 3 is 2.35 bits per heavy atom. The van der Waals surface area contributed by atoms with Crippen LogP contribution in [0.15, 0.2) is 0 Å². The van der Waals surface area contributed by atoms with Gasteiger partial charge >= 0.3 is 0 Å². The first-order valence-electron chi connectivity index (χ1n) is 8.77. The van der Waals surface area contributed by atoms with Gasteiger partial charge in [0.15, 0.2) is 0 Å². The zero-order chi connectivity index (χ0) is 14.8. The highest BCUT2D eigenvalue weighted by atomic mass is 15.3. The van der Waals surface area contributed by atoms with Crippen molar-refractivity contribution in [3.05, 3.63) is 0 Å². The molecule has 0 bridgehead atoms. The van der Waals surface area contributed by atoms with Crippen molar-refractivity contribution in [2.45, 2.75) is 76.8 Å². The maximum atomic E-state index is 6.33. The lowest BCUT2D eigenvalue weighted by Crippen LogP contribution is -2.51. The van der Waals surface area contributed by atoms with Crippen molar-refractivity contribution in [3.63, 3.8) is 0 Å². The average Bonchev–Trinajstić information content (AvgIpc) is 2.42. The minimum absolute atomic E-state index is 0.393. The van der Waals surface area contributed by atoms with E-state index < -0.39 is 0 Å². The summed E-state index contributed by atoms with van der Waals surface area (Å²) < 4.78 is 0. The molecule has 1 aliphatic rings. The van der Waals surface area contributed by atoms with Crippen molar-refractivity contribution in [3.8, 4) is 0 Å². The Bertz CT molecular complexity index is 232. The summed E-state index contributed by atoms with van der Waals surface area (Å²) in [5, 5.41) is 0. The fourth-order valence-corrected chi connectivity index (χ4v) is 3.19. The van der Waals surface area contributed by atoms with Crippen LogP contribution in [0.2, 0.25) is 0 Å². The first-order valence-corrected chi connectivity index (χ1v) is 8.77. The summed E-state index contributed by atoms with van der Waals surface area (Å²) in [7, 11) is 4.47. The molecule has 120 valence electrons. The topological polar surface area (TPSA) is 32.5 Å². The monoisotopic (exact) mass is 283 g/mol. The summed E-state index contributed by atoms with van der Waals surface area (Å²) in [4.78, 5) is 4.93. The van der Waals surface area contributed by atoms with Crippen LogP contribution in [0.3, 0.4) is 0 Å². The Labute approximate surface area is 126 Å². The molecule has 3 nitrogen and oxygen atoms in total. The maximum absolute atomic E-state index is 6.33. The fourth-order valence-electron chi connectivity index (χ4n) is 3.19. The van der Waals surface area contributed by atoms with Gasteiger partial charge in [-0.1, -0.05) is 51.9 Å². The number of nitrogens with two attached hydrogens (primary N) is 1. The zero-order valence-corrected chi connectivity index (χ0v) is 14.1. The van der Waals surface area contributed by atoms with E-state index in [0.717, 1.165) is 6.42 Å². The molecule has 1 aliphatic heterocycles. The standard InChI is InChI=1S/C17H37N3/c1-4-5-6-7-8-9-10-11-16(18)14-17-15-19(2)12-13-20(17)3/h16-17H,4-15,18H2,1-3H3. The van der Waals surface area contributed by atoms with Crippen LogP contribution in [0.25, 0.3) is 0 Å². The Morgan fingerprint density at radius 2 is 1.65 bits per heavy atom. The molecule has 0 aromatic carbocycles. The number of nitrogens with zero attached hydrogens (tertiary/aromatic N) is 2. The normalized spacial score (nSPS) is 23.1. The lowest BCUT2D eigenvalue weighted by Gasteiger charge is -2.38. The molecule has 0 aromatic heterocycles. The zero-order valence-electron chi connectivity index (χ0n) is 14.1. The summed E-state index contributed by atoms with van der Waals surface area (Å²) in [5.74, 6) is 0. The second kappa shape index (κ2) is 10.6. The summed E-state index contributed by atoms with van der Waals surface area (Å²) in [6.45, 7) is 5.84. The van der Waals surface area contributed by atoms with E-state index in [1.54, 1.807) is 0 Å². The van der Waals surface area contributed by atoms with Gasteiger partial charge < -0.3 is 15.5 Å². The minimum Gasteiger partial charge on any atom is -0.328 e. The predicted molar refractivity (Wildman–Crippen MR) is 89.1 cm³/mol. The Morgan fingerprint density at radius 1 is 1.00 bits per heavy atom. The molecule has 1 heterocycles. The van der Waals surface area contributed by atoms with E-state index in [0.29, 0.717) is 12.1 Å². The highest BCUT2D eigenvalue weighted by molar-refractivity contribution is 4.82. The van der Waals surface area contributed by atoms with Gasteiger partial charge in [-0.3, -0.25) is 0 Å². The molecule has 2 atom stereocenters. The van der Waals surface area contributed by atoms with Gasteiger partial charge in [0.1, 0.15) is 0 Å². The maximum Gasteiger partial charge on any atom is 0.0235 e. The molecule has 0 spiro atoms. The number of hydrogen-bond donors (Lipinski definition) is 1. The first kappa shape index (κ1) is 17.9. The summed E-state index contributed by atoms with van der Waals surface area (Å²) in [5.41, 5.74) is 6.33. The van der Waals surface area contributed by atoms with E-state index in [-0.39, 0.29) is 0 Å². The van der Waals surface area contributed by atoms with Crippen LogP contribution in [-0.4, -0.2) is 55.6 Å². The van der Waals surface area contributed by atoms with E-state index in [4.69, 9.17) is 5.73 Å². The van der Waals surface area contributed by atoms with Crippen molar-refractivity contribution >= 4 is 0 Å². The number of piperazine rings is 1. The summed E-state index contributed by atoms with van der Waals surface area (Å²) in [6, 6.07) is 1.05. The quantitative estimate of drug-likeness (QED) is 0.625. The molecule has 2 unspecified atom stereocenters. The van der Waals surface area contributed by atoms with E-state index in [9.17, 15) is 0 Å². The third-order valence-corrected chi connectivity index (χ3v) is 4.73. The van der Waals surface area contributed by atoms with Crippen LogP contribution in [0.1, 0.15) is 64.7 Å². The molecule has 3 heteroatoms. The van der Waals surface area contributed by atoms with Crippen LogP contribution >= 0.6 is 0 Å². The van der Waals surface area contributed by atoms with Crippen LogP contribution in [0, 0.1) is 0 Å². The number of rotatable bonds is 10. The Kier molecular flexibility index (Phi) is 9.49. The molecule has 0 amide bonds. The molecular formula is C17H37N3. The van der Waals surface area contributed by atoms with Crippen molar-refractivity contribution in [1.29, 1.82) is 0 Å². The molecule has 20 heavy (non-hydrogen) atoms. The van der Waals surface area contributed by atoms with Crippen molar-refractivity contribution in [1.82, 2.24) is 9.80 Å². The van der Waals surface area contributed by atoms with Crippen LogP contribution in [-0.2, 0) is 0 Å². The van der Waals surface area contributed by atoms with Crippen molar-refractivity contribution in [2.24, 2.45) is 5.73 Å². The van der Waals surface area contributed by atoms with Gasteiger partial charge in [-0.05, 0) is 26.9 Å². The molecular weight excluding hydrogens is 246 g/mol. The summed E-state index contributed by atoms with van der Waals surface area (Å²) >= 11 is 0. The van der Waals surface area contributed by atoms with E-state index in [1.165, 1.54) is 71.0 Å². The fraction of sp³-hybridized carbons (Fsp3) is 1.00. The van der Waals surface area contributed by atoms with E-state index >= 15 is 0 Å². The molecule has 1 saturated heterocycles. The van der Waals surface area contributed by atoms with E-state index in [2.05, 4.69) is 30.8 Å². The molecule has 0 radical (unpaired) electrons. The van der Waals surface area contributed by atoms with Gasteiger partial charge in [0, 0.05) is 31.7 Å². The molecule has 0 aromatic rings. The van der Waals surface area contributed by atoms with Gasteiger partial charge in [0.25, 0.3) is 0 Å². The Balaban J connectivity index is 2.03. The number of likely N-dealkylation sites (N-methyl/N-ethyl adjacent to an activating group) is 2. The average molecular weight is 284 g/mol. The van der Waals surface area contributed by atoms with Gasteiger partial charge in [-0.15, -0.1) is 0 Å². The third-order valence-electron chi connectivity index (χ3n) is 4.73. The van der Waals surface area contributed by atoms with Gasteiger partial charge in [0.05, 0.1) is 0 Å². The minimum atomic E-state index is 0.393. The van der Waals surface area contributed by atoms with Crippen LogP contribution < -0.4 is 5.73 Å². The lowest BCUT2D eigenvalue weighted by molar-refractivity contribution is 0.103. The predicted octanol–water partition coefficient (Wildman–Crippen LogP) is 3.09. The molecule has 0 aliphatic carbocycles. The van der Waals surface area contributed by atoms with Crippen molar-refractivity contribution in [2.75, 3.05) is 33.7 Å². The van der Waals surface area contributed by atoms with E-state index in [1.807, 2.05) is 0 Å². The SMILES string of the molecule is CCCCCCCCCC(N)CC1CN(C)CCN1C. The highest BCUT2D eigenvalue weighted by Gasteiger charge is 2.23. The lowest BCUT2D eigenvalue weighted by atomic mass is 9.98. The van der Waals surface area contributed by atoms with Gasteiger partial charge in [-0.25, -0.2) is 0 Å². The van der Waals surface area contributed by atoms with Gasteiger partial charge in [0.2, 0.25) is 0 Å². The van der Waals surface area contributed by atoms with Crippen LogP contribution in [0.5, 0.6) is 0 Å². The largest absolute Gasteiger partial charge is 0.328 e. The molecule has 1 fully saturated rings. The van der Waals surface area contributed by atoms with Crippen LogP contribution in [0.4, 0.5) is 0 Å². The molecule has 2 N–H and O–H groups in total.